The van der Waals surface area contributed by atoms with Crippen molar-refractivity contribution in [2.45, 2.75) is 24.9 Å². The highest BCUT2D eigenvalue weighted by atomic mass is 35.5. The number of sulfone groups is 1. The third-order valence-electron chi connectivity index (χ3n) is 3.91. The lowest BCUT2D eigenvalue weighted by Gasteiger charge is -2.24. The van der Waals surface area contributed by atoms with Gasteiger partial charge < -0.3 is 4.90 Å². The van der Waals surface area contributed by atoms with Crippen LogP contribution in [0.4, 0.5) is 10.1 Å². The quantitative estimate of drug-likeness (QED) is 0.761. The van der Waals surface area contributed by atoms with Crippen molar-refractivity contribution >= 4 is 33.0 Å². The Morgan fingerprint density at radius 2 is 1.84 bits per heavy atom. The summed E-state index contributed by atoms with van der Waals surface area (Å²) in [5.74, 6) is -1.48. The van der Waals surface area contributed by atoms with Crippen LogP contribution in [-0.2, 0) is 20.4 Å². The molecule has 0 saturated carbocycles. The van der Waals surface area contributed by atoms with Gasteiger partial charge in [0, 0.05) is 17.3 Å². The Balaban J connectivity index is 2.24. The van der Waals surface area contributed by atoms with Crippen molar-refractivity contribution in [3.63, 3.8) is 0 Å². The zero-order valence-corrected chi connectivity index (χ0v) is 15.5. The number of benzene rings is 2. The van der Waals surface area contributed by atoms with Crippen LogP contribution in [0.1, 0.15) is 19.4 Å². The summed E-state index contributed by atoms with van der Waals surface area (Å²) in [7, 11) is -3.81. The second-order valence-corrected chi connectivity index (χ2v) is 8.33. The van der Waals surface area contributed by atoms with E-state index in [9.17, 15) is 17.6 Å². The molecule has 2 rings (SSSR count). The molecule has 0 bridgehead atoms. The van der Waals surface area contributed by atoms with E-state index in [2.05, 4.69) is 0 Å². The van der Waals surface area contributed by atoms with Crippen LogP contribution in [0, 0.1) is 5.82 Å². The molecule has 7 heteroatoms. The fraction of sp³-hybridized carbons (Fsp3) is 0.278. The number of carbonyl (C=O) groups is 1. The van der Waals surface area contributed by atoms with Crippen molar-refractivity contribution in [2.24, 2.45) is 0 Å². The summed E-state index contributed by atoms with van der Waals surface area (Å²) in [6.07, 6.45) is 0. The Hall–Kier alpha value is -1.92. The molecule has 134 valence electrons. The first-order chi connectivity index (χ1) is 11.8. The Kier molecular flexibility index (Phi) is 6.19. The maximum Gasteiger partial charge on any atom is 0.245 e. The number of halogens is 2. The second-order valence-electron chi connectivity index (χ2n) is 5.60. The fourth-order valence-electron chi connectivity index (χ4n) is 2.43. The Morgan fingerprint density at radius 3 is 2.40 bits per heavy atom. The summed E-state index contributed by atoms with van der Waals surface area (Å²) < 4.78 is 38.4. The summed E-state index contributed by atoms with van der Waals surface area (Å²) in [6, 6.07) is 12.4. The fourth-order valence-corrected chi connectivity index (χ4v) is 4.11. The van der Waals surface area contributed by atoms with Crippen molar-refractivity contribution in [3.05, 3.63) is 64.9 Å². The van der Waals surface area contributed by atoms with Crippen LogP contribution >= 0.6 is 11.6 Å². The molecule has 25 heavy (non-hydrogen) atoms. The van der Waals surface area contributed by atoms with E-state index in [0.29, 0.717) is 12.2 Å². The molecular formula is C18H19ClFNO3S. The summed E-state index contributed by atoms with van der Waals surface area (Å²) >= 11 is 5.91. The number of hydrogen-bond donors (Lipinski definition) is 0. The second kappa shape index (κ2) is 7.97. The van der Waals surface area contributed by atoms with Crippen molar-refractivity contribution in [1.29, 1.82) is 0 Å². The maximum atomic E-state index is 13.1. The zero-order chi connectivity index (χ0) is 18.6. The number of anilines is 1. The van der Waals surface area contributed by atoms with Crippen LogP contribution in [0.15, 0.2) is 48.5 Å². The van der Waals surface area contributed by atoms with Crippen LogP contribution in [0.2, 0.25) is 5.02 Å². The molecule has 0 aromatic heterocycles. The lowest BCUT2D eigenvalue weighted by Crippen LogP contribution is -2.42. The highest BCUT2D eigenvalue weighted by molar-refractivity contribution is 7.92. The number of carbonyl (C=O) groups excluding carboxylic acids is 1. The third kappa shape index (κ3) is 4.58. The van der Waals surface area contributed by atoms with Gasteiger partial charge in [0.05, 0.1) is 5.75 Å². The topological polar surface area (TPSA) is 54.5 Å². The van der Waals surface area contributed by atoms with Crippen molar-refractivity contribution in [2.75, 3.05) is 11.4 Å². The Labute approximate surface area is 152 Å². The van der Waals surface area contributed by atoms with Gasteiger partial charge in [-0.05, 0) is 43.7 Å². The SMILES string of the molecule is CCN(C(=O)[C@@H](C)S(=O)(=O)Cc1ccc(F)cc1Cl)c1ccccc1. The molecular weight excluding hydrogens is 365 g/mol. The first-order valence-corrected chi connectivity index (χ1v) is 9.87. The van der Waals surface area contributed by atoms with Crippen LogP contribution < -0.4 is 4.90 Å². The normalized spacial score (nSPS) is 12.6. The molecule has 0 fully saturated rings. The molecule has 0 aliphatic rings. The van der Waals surface area contributed by atoms with Gasteiger partial charge in [-0.15, -0.1) is 0 Å². The van der Waals surface area contributed by atoms with E-state index >= 15 is 0 Å². The molecule has 0 radical (unpaired) electrons. The van der Waals surface area contributed by atoms with Crippen LogP contribution in [0.5, 0.6) is 0 Å². The van der Waals surface area contributed by atoms with Gasteiger partial charge in [0.2, 0.25) is 5.91 Å². The Morgan fingerprint density at radius 1 is 1.20 bits per heavy atom. The molecule has 0 saturated heterocycles. The minimum Gasteiger partial charge on any atom is -0.312 e. The van der Waals surface area contributed by atoms with Gasteiger partial charge in [0.1, 0.15) is 11.1 Å². The van der Waals surface area contributed by atoms with Gasteiger partial charge in [-0.25, -0.2) is 12.8 Å². The minimum absolute atomic E-state index is 0.0265. The van der Waals surface area contributed by atoms with E-state index in [4.69, 9.17) is 11.6 Å². The number of para-hydroxylation sites is 1. The molecule has 0 unspecified atom stereocenters. The molecule has 0 heterocycles. The maximum absolute atomic E-state index is 13.1. The summed E-state index contributed by atoms with van der Waals surface area (Å²) in [5, 5.41) is -1.22. The smallest absolute Gasteiger partial charge is 0.245 e. The van der Waals surface area contributed by atoms with Crippen molar-refractivity contribution < 1.29 is 17.6 Å². The van der Waals surface area contributed by atoms with E-state index in [0.717, 1.165) is 12.1 Å². The van der Waals surface area contributed by atoms with Gasteiger partial charge in [0.15, 0.2) is 9.84 Å². The van der Waals surface area contributed by atoms with Crippen LogP contribution in [0.3, 0.4) is 0 Å². The summed E-state index contributed by atoms with van der Waals surface area (Å²) in [5.41, 5.74) is 0.905. The zero-order valence-electron chi connectivity index (χ0n) is 13.9. The monoisotopic (exact) mass is 383 g/mol. The van der Waals surface area contributed by atoms with Gasteiger partial charge in [-0.3, -0.25) is 4.79 Å². The molecule has 0 aliphatic heterocycles. The number of rotatable bonds is 6. The first kappa shape index (κ1) is 19.4. The number of amides is 1. The summed E-state index contributed by atoms with van der Waals surface area (Å²) in [4.78, 5) is 14.1. The van der Waals surface area contributed by atoms with E-state index in [1.807, 2.05) is 6.07 Å². The predicted octanol–water partition coefficient (Wildman–Crippen LogP) is 3.84. The number of nitrogens with zero attached hydrogens (tertiary/aromatic N) is 1. The average Bonchev–Trinajstić information content (AvgIpc) is 2.58. The molecule has 2 aromatic rings. The standard InChI is InChI=1S/C18H19ClFNO3S/c1-3-21(16-7-5-4-6-8-16)18(22)13(2)25(23,24)12-14-9-10-15(20)11-17(14)19/h4-11,13H,3,12H2,1-2H3/t13-/m1/s1. The highest BCUT2D eigenvalue weighted by Gasteiger charge is 2.32. The average molecular weight is 384 g/mol. The predicted molar refractivity (Wildman–Crippen MR) is 98.0 cm³/mol. The first-order valence-electron chi connectivity index (χ1n) is 7.78. The lowest BCUT2D eigenvalue weighted by atomic mass is 10.2. The lowest BCUT2D eigenvalue weighted by molar-refractivity contribution is -0.117. The number of hydrogen-bond acceptors (Lipinski definition) is 3. The molecule has 2 aromatic carbocycles. The molecule has 4 nitrogen and oxygen atoms in total. The van der Waals surface area contributed by atoms with E-state index in [1.54, 1.807) is 31.2 Å². The van der Waals surface area contributed by atoms with E-state index < -0.39 is 32.6 Å². The highest BCUT2D eigenvalue weighted by Crippen LogP contribution is 2.23. The molecule has 1 amide bonds. The van der Waals surface area contributed by atoms with Gasteiger partial charge >= 0.3 is 0 Å². The van der Waals surface area contributed by atoms with Gasteiger partial charge in [-0.1, -0.05) is 35.9 Å². The molecule has 0 aliphatic carbocycles. The molecule has 0 spiro atoms. The van der Waals surface area contributed by atoms with Gasteiger partial charge in [-0.2, -0.15) is 0 Å². The van der Waals surface area contributed by atoms with E-state index in [1.165, 1.54) is 17.9 Å². The van der Waals surface area contributed by atoms with Crippen LogP contribution in [-0.4, -0.2) is 26.1 Å². The van der Waals surface area contributed by atoms with Crippen molar-refractivity contribution in [1.82, 2.24) is 0 Å². The third-order valence-corrected chi connectivity index (χ3v) is 6.25. The van der Waals surface area contributed by atoms with Crippen molar-refractivity contribution in [3.8, 4) is 0 Å². The van der Waals surface area contributed by atoms with Crippen LogP contribution in [0.25, 0.3) is 0 Å². The molecule has 1 atom stereocenters. The summed E-state index contributed by atoms with van der Waals surface area (Å²) in [6.45, 7) is 3.49. The molecule has 0 N–H and O–H groups in total. The largest absolute Gasteiger partial charge is 0.312 e. The van der Waals surface area contributed by atoms with Gasteiger partial charge in [0.25, 0.3) is 0 Å². The minimum atomic E-state index is -3.81. The van der Waals surface area contributed by atoms with E-state index in [-0.39, 0.29) is 10.6 Å². The Bertz CT molecular complexity index is 856.